The Balaban J connectivity index is 1.72. The highest BCUT2D eigenvalue weighted by atomic mass is 32.2. The SMILES string of the molecule is COC(N=C(N)SC(=N)N1CCN(C(C)=O)CC1)c1ccc(OC(F)(F)F)c(NC(=O)CN2CCOCC2)c1. The molecular weight excluding hydrogens is 543 g/mol. The van der Waals surface area contributed by atoms with E-state index in [1.54, 1.807) is 9.80 Å². The first kappa shape index (κ1) is 30.5. The number of nitrogens with two attached hydrogens (primary N) is 1. The number of nitrogens with one attached hydrogen (secondary N) is 2. The first-order valence-corrected chi connectivity index (χ1v) is 12.9. The summed E-state index contributed by atoms with van der Waals surface area (Å²) in [5.41, 5.74) is 6.15. The molecule has 1 atom stereocenters. The third-order valence-corrected chi connectivity index (χ3v) is 6.71. The van der Waals surface area contributed by atoms with Crippen LogP contribution in [0.15, 0.2) is 23.2 Å². The number of ether oxygens (including phenoxy) is 3. The summed E-state index contributed by atoms with van der Waals surface area (Å²) in [6, 6.07) is 3.66. The largest absolute Gasteiger partial charge is 0.573 e. The van der Waals surface area contributed by atoms with Gasteiger partial charge in [0.15, 0.2) is 22.3 Å². The number of hydrogen-bond donors (Lipinski definition) is 3. The second kappa shape index (κ2) is 13.8. The Labute approximate surface area is 228 Å². The number of halogens is 3. The van der Waals surface area contributed by atoms with Crippen LogP contribution in [0.5, 0.6) is 5.75 Å². The molecule has 2 fully saturated rings. The van der Waals surface area contributed by atoms with Gasteiger partial charge in [-0.25, -0.2) is 4.99 Å². The van der Waals surface area contributed by atoms with Gasteiger partial charge in [-0.05, 0) is 23.9 Å². The molecule has 39 heavy (non-hydrogen) atoms. The van der Waals surface area contributed by atoms with Crippen molar-refractivity contribution in [3.63, 3.8) is 0 Å². The van der Waals surface area contributed by atoms with Gasteiger partial charge in [-0.2, -0.15) is 0 Å². The number of carbonyl (C=O) groups excluding carboxylic acids is 2. The second-order valence-corrected chi connectivity index (χ2v) is 9.70. The lowest BCUT2D eigenvalue weighted by Gasteiger charge is -2.35. The molecular formula is C23H32F3N7O5S. The van der Waals surface area contributed by atoms with Crippen molar-refractivity contribution in [1.29, 1.82) is 5.41 Å². The summed E-state index contributed by atoms with van der Waals surface area (Å²) in [6.45, 7) is 5.36. The van der Waals surface area contributed by atoms with Gasteiger partial charge < -0.3 is 35.1 Å². The Hall–Kier alpha value is -3.08. The maximum Gasteiger partial charge on any atom is 0.573 e. The average Bonchev–Trinajstić information content (AvgIpc) is 2.88. The Morgan fingerprint density at radius 1 is 1.18 bits per heavy atom. The van der Waals surface area contributed by atoms with Crippen LogP contribution in [0.3, 0.4) is 0 Å². The normalized spacial score (nSPS) is 18.0. The lowest BCUT2D eigenvalue weighted by molar-refractivity contribution is -0.274. The number of hydrogen-bond acceptors (Lipinski definition) is 9. The third-order valence-electron chi connectivity index (χ3n) is 5.94. The van der Waals surface area contributed by atoms with Crippen LogP contribution in [0.2, 0.25) is 0 Å². The van der Waals surface area contributed by atoms with Gasteiger partial charge in [-0.15, -0.1) is 13.2 Å². The van der Waals surface area contributed by atoms with Crippen molar-refractivity contribution >= 4 is 39.6 Å². The van der Waals surface area contributed by atoms with Crippen molar-refractivity contribution in [2.24, 2.45) is 10.7 Å². The van der Waals surface area contributed by atoms with Gasteiger partial charge in [-0.1, -0.05) is 6.07 Å². The van der Waals surface area contributed by atoms with E-state index in [-0.39, 0.29) is 28.5 Å². The Kier molecular flexibility index (Phi) is 10.8. The van der Waals surface area contributed by atoms with Crippen molar-refractivity contribution < 1.29 is 37.0 Å². The highest BCUT2D eigenvalue weighted by Gasteiger charge is 2.33. The smallest absolute Gasteiger partial charge is 0.404 e. The first-order chi connectivity index (χ1) is 18.4. The van der Waals surface area contributed by atoms with Gasteiger partial charge in [0.25, 0.3) is 0 Å². The van der Waals surface area contributed by atoms with Crippen LogP contribution in [0.1, 0.15) is 18.7 Å². The molecule has 0 aliphatic carbocycles. The van der Waals surface area contributed by atoms with Crippen molar-refractivity contribution in [1.82, 2.24) is 14.7 Å². The van der Waals surface area contributed by atoms with Crippen LogP contribution in [0, 0.1) is 5.41 Å². The third kappa shape index (κ3) is 9.56. The van der Waals surface area contributed by atoms with Crippen molar-refractivity contribution in [3.8, 4) is 5.75 Å². The van der Waals surface area contributed by atoms with Gasteiger partial charge in [0, 0.05) is 58.9 Å². The zero-order chi connectivity index (χ0) is 28.6. The quantitative estimate of drug-likeness (QED) is 0.326. The molecule has 4 N–H and O–H groups in total. The molecule has 0 aromatic heterocycles. The monoisotopic (exact) mass is 575 g/mol. The van der Waals surface area contributed by atoms with Crippen LogP contribution >= 0.6 is 11.8 Å². The molecule has 3 rings (SSSR count). The van der Waals surface area contributed by atoms with Crippen molar-refractivity contribution in [2.75, 3.05) is 71.5 Å². The minimum absolute atomic E-state index is 0.00521. The molecule has 0 bridgehead atoms. The molecule has 1 unspecified atom stereocenters. The standard InChI is InChI=1S/C23H32F3N7O5S/c1-15(34)32-5-7-33(8-6-32)22(28)39-21(27)30-20(36-2)16-3-4-18(38-23(24,25)26)17(13-16)29-19(35)14-31-9-11-37-12-10-31/h3-4,13,20,28H,5-12,14H2,1-2H3,(H2,27,30)(H,29,35). The predicted octanol–water partition coefficient (Wildman–Crippen LogP) is 1.65. The fourth-order valence-corrected chi connectivity index (χ4v) is 4.62. The molecule has 12 nitrogen and oxygen atoms in total. The maximum atomic E-state index is 13.0. The molecule has 1 aromatic rings. The van der Waals surface area contributed by atoms with E-state index in [4.69, 9.17) is 20.6 Å². The Bertz CT molecular complexity index is 1060. The zero-order valence-electron chi connectivity index (χ0n) is 21.6. The van der Waals surface area contributed by atoms with E-state index >= 15 is 0 Å². The highest BCUT2D eigenvalue weighted by molar-refractivity contribution is 8.26. The molecule has 0 saturated carbocycles. The molecule has 2 heterocycles. The molecule has 0 radical (unpaired) electrons. The highest BCUT2D eigenvalue weighted by Crippen LogP contribution is 2.34. The van der Waals surface area contributed by atoms with E-state index in [9.17, 15) is 22.8 Å². The van der Waals surface area contributed by atoms with Gasteiger partial charge in [0.05, 0.1) is 25.4 Å². The second-order valence-electron chi connectivity index (χ2n) is 8.70. The number of rotatable bonds is 7. The summed E-state index contributed by atoms with van der Waals surface area (Å²) in [7, 11) is 1.34. The number of amidine groups is 2. The fourth-order valence-electron chi connectivity index (χ4n) is 3.96. The van der Waals surface area contributed by atoms with E-state index in [2.05, 4.69) is 15.0 Å². The van der Waals surface area contributed by atoms with Crippen LogP contribution in [0.25, 0.3) is 0 Å². The molecule has 2 saturated heterocycles. The van der Waals surface area contributed by atoms with Crippen LogP contribution in [-0.4, -0.2) is 109 Å². The lowest BCUT2D eigenvalue weighted by Crippen LogP contribution is -2.49. The summed E-state index contributed by atoms with van der Waals surface area (Å²) in [6.07, 6.45) is -6.00. The van der Waals surface area contributed by atoms with Crippen LogP contribution in [0.4, 0.5) is 18.9 Å². The first-order valence-electron chi connectivity index (χ1n) is 12.1. The van der Waals surface area contributed by atoms with Crippen molar-refractivity contribution in [2.45, 2.75) is 19.5 Å². The van der Waals surface area contributed by atoms with Gasteiger partial charge in [-0.3, -0.25) is 19.9 Å². The number of thioether (sulfide) groups is 1. The van der Waals surface area contributed by atoms with Crippen molar-refractivity contribution in [3.05, 3.63) is 23.8 Å². The van der Waals surface area contributed by atoms with Gasteiger partial charge >= 0.3 is 6.36 Å². The number of methoxy groups -OCH3 is 1. The number of nitrogens with zero attached hydrogens (tertiary/aromatic N) is 4. The van der Waals surface area contributed by atoms with E-state index in [1.165, 1.54) is 26.2 Å². The number of alkyl halides is 3. The maximum absolute atomic E-state index is 13.0. The van der Waals surface area contributed by atoms with E-state index in [0.29, 0.717) is 58.0 Å². The number of aliphatic imine (C=N–C) groups is 1. The zero-order valence-corrected chi connectivity index (χ0v) is 22.4. The molecule has 2 aliphatic rings. The number of anilines is 1. The lowest BCUT2D eigenvalue weighted by atomic mass is 10.1. The molecule has 1 aromatic carbocycles. The summed E-state index contributed by atoms with van der Waals surface area (Å²) >= 11 is 0.894. The Morgan fingerprint density at radius 2 is 1.82 bits per heavy atom. The minimum atomic E-state index is -4.97. The number of morpholine rings is 1. The molecule has 0 spiro atoms. The van der Waals surface area contributed by atoms with Gasteiger partial charge in [0.2, 0.25) is 11.8 Å². The average molecular weight is 576 g/mol. The summed E-state index contributed by atoms with van der Waals surface area (Å²) < 4.78 is 53.7. The van der Waals surface area contributed by atoms with Crippen LogP contribution in [-0.2, 0) is 19.1 Å². The molecule has 16 heteroatoms. The number of amides is 2. The number of benzene rings is 1. The number of carbonyl (C=O) groups is 2. The molecule has 2 amide bonds. The fraction of sp³-hybridized carbons (Fsp3) is 0.565. The summed E-state index contributed by atoms with van der Waals surface area (Å²) in [5, 5.41) is 10.9. The minimum Gasteiger partial charge on any atom is -0.404 e. The van der Waals surface area contributed by atoms with E-state index < -0.39 is 24.2 Å². The van der Waals surface area contributed by atoms with E-state index in [0.717, 1.165) is 17.8 Å². The summed E-state index contributed by atoms with van der Waals surface area (Å²) in [4.78, 5) is 33.6. The number of piperazine rings is 1. The predicted molar refractivity (Wildman–Crippen MR) is 140 cm³/mol. The molecule has 216 valence electrons. The Morgan fingerprint density at radius 3 is 2.41 bits per heavy atom. The van der Waals surface area contributed by atoms with Crippen LogP contribution < -0.4 is 15.8 Å². The van der Waals surface area contributed by atoms with E-state index in [1.807, 2.05) is 4.90 Å². The topological polar surface area (TPSA) is 146 Å². The van der Waals surface area contributed by atoms with Gasteiger partial charge in [0.1, 0.15) is 0 Å². The summed E-state index contributed by atoms with van der Waals surface area (Å²) in [5.74, 6) is -1.14. The molecule has 2 aliphatic heterocycles.